The van der Waals surface area contributed by atoms with Gasteiger partial charge in [0, 0.05) is 4.91 Å². The van der Waals surface area contributed by atoms with Gasteiger partial charge in [-0.15, -0.1) is 0 Å². The second-order valence-corrected chi connectivity index (χ2v) is 4.98. The van der Waals surface area contributed by atoms with Crippen molar-refractivity contribution >= 4 is 13.5 Å². The lowest BCUT2D eigenvalue weighted by Crippen LogP contribution is -2.33. The third-order valence-electron chi connectivity index (χ3n) is 1.60. The molecule has 0 spiro atoms. The standard InChI is InChI=1S/C7H15N4O4P/c1-4-15-16(13,5-9-11-8)10-6(2)7(12)14-3/h6H,4-5H2,1-3H3,(H,10,13). The number of azide groups is 1. The van der Waals surface area contributed by atoms with Crippen LogP contribution < -0.4 is 5.09 Å². The van der Waals surface area contributed by atoms with Crippen molar-refractivity contribution in [1.29, 1.82) is 0 Å². The van der Waals surface area contributed by atoms with Gasteiger partial charge in [0.25, 0.3) is 7.52 Å². The lowest BCUT2D eigenvalue weighted by molar-refractivity contribution is -0.142. The molecule has 0 amide bonds. The third kappa shape index (κ3) is 5.14. The number of methoxy groups -OCH3 is 1. The van der Waals surface area contributed by atoms with E-state index in [2.05, 4.69) is 19.9 Å². The lowest BCUT2D eigenvalue weighted by atomic mass is 10.4. The molecule has 1 N–H and O–H groups in total. The molecule has 0 aliphatic carbocycles. The minimum absolute atomic E-state index is 0.180. The zero-order valence-corrected chi connectivity index (χ0v) is 10.3. The highest BCUT2D eigenvalue weighted by Gasteiger charge is 2.27. The SMILES string of the molecule is CCOP(=O)(CN=[N+]=[N-])NC(C)C(=O)OC. The molecule has 16 heavy (non-hydrogen) atoms. The molecule has 0 aromatic rings. The Morgan fingerprint density at radius 1 is 1.69 bits per heavy atom. The summed E-state index contributed by atoms with van der Waals surface area (Å²) in [5.41, 5.74) is 8.15. The van der Waals surface area contributed by atoms with E-state index in [-0.39, 0.29) is 12.9 Å². The topological polar surface area (TPSA) is 113 Å². The number of nitrogens with zero attached hydrogens (tertiary/aromatic N) is 3. The predicted molar refractivity (Wildman–Crippen MR) is 57.9 cm³/mol. The molecule has 0 saturated carbocycles. The Kier molecular flexibility index (Phi) is 6.76. The fraction of sp³-hybridized carbons (Fsp3) is 0.857. The van der Waals surface area contributed by atoms with Crippen LogP contribution in [0.15, 0.2) is 5.11 Å². The quantitative estimate of drug-likeness (QED) is 0.242. The van der Waals surface area contributed by atoms with Gasteiger partial charge < -0.3 is 9.26 Å². The molecular formula is C7H15N4O4P. The van der Waals surface area contributed by atoms with Gasteiger partial charge in [-0.25, -0.2) is 5.09 Å². The van der Waals surface area contributed by atoms with Gasteiger partial charge in [-0.2, -0.15) is 0 Å². The van der Waals surface area contributed by atoms with E-state index in [0.717, 1.165) is 0 Å². The summed E-state index contributed by atoms with van der Waals surface area (Å²) in [5.74, 6) is -0.569. The minimum Gasteiger partial charge on any atom is -0.468 e. The van der Waals surface area contributed by atoms with Crippen molar-refractivity contribution in [2.45, 2.75) is 19.9 Å². The lowest BCUT2D eigenvalue weighted by Gasteiger charge is -2.20. The Balaban J connectivity index is 4.59. The van der Waals surface area contributed by atoms with Crippen LogP contribution >= 0.6 is 7.52 Å². The molecule has 9 heteroatoms. The zero-order chi connectivity index (χ0) is 12.6. The number of hydrogen-bond donors (Lipinski definition) is 1. The van der Waals surface area contributed by atoms with Crippen LogP contribution in [0.25, 0.3) is 10.4 Å². The van der Waals surface area contributed by atoms with Gasteiger partial charge in [0.15, 0.2) is 0 Å². The molecule has 0 heterocycles. The second-order valence-electron chi connectivity index (χ2n) is 2.84. The van der Waals surface area contributed by atoms with E-state index in [4.69, 9.17) is 10.1 Å². The second kappa shape index (κ2) is 7.24. The predicted octanol–water partition coefficient (Wildman–Crippen LogP) is 1.63. The van der Waals surface area contributed by atoms with E-state index in [9.17, 15) is 9.36 Å². The molecule has 2 atom stereocenters. The number of carbonyl (C=O) groups is 1. The van der Waals surface area contributed by atoms with Gasteiger partial charge in [0.05, 0.1) is 13.7 Å². The van der Waals surface area contributed by atoms with Crippen molar-refractivity contribution < 1.29 is 18.6 Å². The van der Waals surface area contributed by atoms with Crippen LogP contribution in [0.2, 0.25) is 0 Å². The number of ether oxygens (including phenoxy) is 1. The number of nitrogens with one attached hydrogen (secondary N) is 1. The van der Waals surface area contributed by atoms with Crippen LogP contribution in [0.4, 0.5) is 0 Å². The maximum atomic E-state index is 12.0. The molecule has 0 aliphatic heterocycles. The molecule has 0 fully saturated rings. The highest BCUT2D eigenvalue weighted by molar-refractivity contribution is 7.56. The van der Waals surface area contributed by atoms with Gasteiger partial charge >= 0.3 is 5.97 Å². The van der Waals surface area contributed by atoms with Crippen molar-refractivity contribution in [3.05, 3.63) is 10.4 Å². The minimum atomic E-state index is -3.33. The van der Waals surface area contributed by atoms with Crippen molar-refractivity contribution in [2.75, 3.05) is 20.0 Å². The van der Waals surface area contributed by atoms with Gasteiger partial charge in [0.1, 0.15) is 12.3 Å². The van der Waals surface area contributed by atoms with Crippen LogP contribution in [0.3, 0.4) is 0 Å². The van der Waals surface area contributed by atoms with Crippen LogP contribution in [0.5, 0.6) is 0 Å². The molecule has 0 aliphatic rings. The van der Waals surface area contributed by atoms with Crippen LogP contribution in [-0.4, -0.2) is 32.0 Å². The first-order valence-electron chi connectivity index (χ1n) is 4.59. The molecule has 0 rings (SSSR count). The van der Waals surface area contributed by atoms with E-state index in [1.54, 1.807) is 6.92 Å². The summed E-state index contributed by atoms with van der Waals surface area (Å²) >= 11 is 0. The Morgan fingerprint density at radius 2 is 2.31 bits per heavy atom. The molecule has 0 radical (unpaired) electrons. The monoisotopic (exact) mass is 250 g/mol. The van der Waals surface area contributed by atoms with E-state index >= 15 is 0 Å². The largest absolute Gasteiger partial charge is 0.468 e. The fourth-order valence-electron chi connectivity index (χ4n) is 0.964. The van der Waals surface area contributed by atoms with Crippen molar-refractivity contribution in [3.63, 3.8) is 0 Å². The molecule has 0 aromatic carbocycles. The van der Waals surface area contributed by atoms with Crippen LogP contribution in [-0.2, 0) is 18.6 Å². The Morgan fingerprint density at radius 3 is 2.75 bits per heavy atom. The molecule has 0 aromatic heterocycles. The van der Waals surface area contributed by atoms with E-state index < -0.39 is 19.5 Å². The number of rotatable bonds is 7. The van der Waals surface area contributed by atoms with Gasteiger partial charge in [0.2, 0.25) is 0 Å². The highest BCUT2D eigenvalue weighted by atomic mass is 31.2. The number of esters is 1. The first-order chi connectivity index (χ1) is 7.49. The van der Waals surface area contributed by atoms with Gasteiger partial charge in [-0.3, -0.25) is 9.36 Å². The molecule has 0 saturated heterocycles. The maximum absolute atomic E-state index is 12.0. The molecule has 2 unspecified atom stereocenters. The molecule has 92 valence electrons. The molecule has 8 nitrogen and oxygen atoms in total. The van der Waals surface area contributed by atoms with Gasteiger partial charge in [-0.1, -0.05) is 5.11 Å². The van der Waals surface area contributed by atoms with E-state index in [1.807, 2.05) is 0 Å². The smallest absolute Gasteiger partial charge is 0.323 e. The number of carbonyl (C=O) groups excluding carboxylic acids is 1. The normalized spacial score (nSPS) is 15.7. The fourth-order valence-corrected chi connectivity index (χ4v) is 2.54. The summed E-state index contributed by atoms with van der Waals surface area (Å²) in [6, 6.07) is -0.795. The molecule has 0 bridgehead atoms. The maximum Gasteiger partial charge on any atom is 0.323 e. The Labute approximate surface area is 93.4 Å². The van der Waals surface area contributed by atoms with Crippen molar-refractivity contribution in [1.82, 2.24) is 5.09 Å². The third-order valence-corrected chi connectivity index (χ3v) is 3.55. The van der Waals surface area contributed by atoms with Crippen LogP contribution in [0.1, 0.15) is 13.8 Å². The van der Waals surface area contributed by atoms with E-state index in [1.165, 1.54) is 14.0 Å². The molecular weight excluding hydrogens is 235 g/mol. The average molecular weight is 250 g/mol. The summed E-state index contributed by atoms with van der Waals surface area (Å²) in [6.07, 6.45) is -0.349. The zero-order valence-electron chi connectivity index (χ0n) is 9.41. The summed E-state index contributed by atoms with van der Waals surface area (Å²) in [6.45, 7) is 3.31. The summed E-state index contributed by atoms with van der Waals surface area (Å²) in [7, 11) is -2.11. The Hall–Kier alpha value is -1.07. The summed E-state index contributed by atoms with van der Waals surface area (Å²) < 4.78 is 21.4. The van der Waals surface area contributed by atoms with Crippen molar-refractivity contribution in [2.24, 2.45) is 5.11 Å². The van der Waals surface area contributed by atoms with E-state index in [0.29, 0.717) is 0 Å². The number of hydrogen-bond acceptors (Lipinski definition) is 5. The summed E-state index contributed by atoms with van der Waals surface area (Å²) in [5, 5.41) is 5.65. The van der Waals surface area contributed by atoms with Crippen molar-refractivity contribution in [3.8, 4) is 0 Å². The van der Waals surface area contributed by atoms with Crippen LogP contribution in [0, 0.1) is 0 Å². The first-order valence-corrected chi connectivity index (χ1v) is 6.40. The first kappa shape index (κ1) is 14.9. The van der Waals surface area contributed by atoms with Gasteiger partial charge in [-0.05, 0) is 19.4 Å². The highest BCUT2D eigenvalue weighted by Crippen LogP contribution is 2.42. The summed E-state index contributed by atoms with van der Waals surface area (Å²) in [4.78, 5) is 13.6. The Bertz CT molecular complexity index is 328. The average Bonchev–Trinajstić information content (AvgIpc) is 2.25.